The van der Waals surface area contributed by atoms with Gasteiger partial charge in [-0.05, 0) is 40.2 Å². The first kappa shape index (κ1) is 25.9. The van der Waals surface area contributed by atoms with Crippen LogP contribution < -0.4 is 21.3 Å². The minimum absolute atomic E-state index is 0.0293. The molecule has 0 aliphatic rings. The number of hydrogen-bond acceptors (Lipinski definition) is 5. The summed E-state index contributed by atoms with van der Waals surface area (Å²) in [6.45, 7) is 11.8. The third-order valence-corrected chi connectivity index (χ3v) is 4.84. The first-order valence-corrected chi connectivity index (χ1v) is 9.86. The Balaban J connectivity index is 4.85. The number of amides is 3. The number of nitrogens with one attached hydrogen (secondary N) is 4. The molecule has 0 radical (unpaired) electrons. The average Bonchev–Trinajstić information content (AvgIpc) is 2.67. The summed E-state index contributed by atoms with van der Waals surface area (Å²) >= 11 is 0. The van der Waals surface area contributed by atoms with Gasteiger partial charge in [0.2, 0.25) is 17.7 Å². The molecular weight excluding hydrogens is 358 g/mol. The molecular formula is C20H39N5O3. The molecule has 8 heteroatoms. The number of carbonyl (C=O) groups is 3. The summed E-state index contributed by atoms with van der Waals surface area (Å²) in [4.78, 5) is 38.7. The molecule has 0 aromatic carbocycles. The van der Waals surface area contributed by atoms with Gasteiger partial charge in [0.1, 0.15) is 5.54 Å². The van der Waals surface area contributed by atoms with Crippen molar-refractivity contribution in [2.45, 2.75) is 58.5 Å². The van der Waals surface area contributed by atoms with Crippen LogP contribution in [0.3, 0.4) is 0 Å². The zero-order chi connectivity index (χ0) is 21.9. The van der Waals surface area contributed by atoms with Crippen LogP contribution in [0.15, 0.2) is 12.3 Å². The molecule has 0 aliphatic carbocycles. The zero-order valence-corrected chi connectivity index (χ0v) is 18.6. The summed E-state index contributed by atoms with van der Waals surface area (Å²) in [7, 11) is 5.26. The molecule has 0 saturated carbocycles. The number of nitrogens with zero attached hydrogens (tertiary/aromatic N) is 1. The molecule has 0 rings (SSSR count). The normalized spacial score (nSPS) is 14.0. The van der Waals surface area contributed by atoms with E-state index < -0.39 is 5.54 Å². The van der Waals surface area contributed by atoms with Crippen LogP contribution in [0.2, 0.25) is 0 Å². The summed E-state index contributed by atoms with van der Waals surface area (Å²) in [5, 5.41) is 11.5. The fourth-order valence-electron chi connectivity index (χ4n) is 2.51. The molecule has 4 N–H and O–H groups in total. The van der Waals surface area contributed by atoms with Crippen molar-refractivity contribution in [2.24, 2.45) is 5.92 Å². The van der Waals surface area contributed by atoms with Crippen molar-refractivity contribution in [2.75, 3.05) is 34.2 Å². The van der Waals surface area contributed by atoms with Gasteiger partial charge in [-0.25, -0.2) is 0 Å². The molecule has 0 fully saturated rings. The van der Waals surface area contributed by atoms with Gasteiger partial charge in [0.25, 0.3) is 0 Å². The van der Waals surface area contributed by atoms with Crippen LogP contribution in [0.5, 0.6) is 0 Å². The van der Waals surface area contributed by atoms with E-state index >= 15 is 0 Å². The Kier molecular flexibility index (Phi) is 11.5. The maximum absolute atomic E-state index is 12.7. The molecule has 3 amide bonds. The summed E-state index contributed by atoms with van der Waals surface area (Å²) in [5.74, 6) is -0.598. The first-order valence-electron chi connectivity index (χ1n) is 9.86. The average molecular weight is 398 g/mol. The van der Waals surface area contributed by atoms with E-state index in [1.807, 2.05) is 6.92 Å². The standard InChI is InChI=1S/C20H39N5O3/c1-14(2)17(26)24-20(5,19(28)23-13-15(3)21-6)11-9-10-12-25(8)18(27)16(4)22-7/h14,16,21-22H,3,9-13H2,1-2,4-8H3,(H,23,28)(H,24,26)/t16?,20-/m1/s1. The molecule has 162 valence electrons. The Labute approximate surface area is 169 Å². The molecule has 2 atom stereocenters. The highest BCUT2D eigenvalue weighted by atomic mass is 16.2. The molecule has 28 heavy (non-hydrogen) atoms. The van der Waals surface area contributed by atoms with Crippen molar-refractivity contribution < 1.29 is 14.4 Å². The summed E-state index contributed by atoms with van der Waals surface area (Å²) < 4.78 is 0. The number of rotatable bonds is 13. The number of unbranched alkanes of at least 4 members (excludes halogenated alkanes) is 1. The highest BCUT2D eigenvalue weighted by Gasteiger charge is 2.34. The molecule has 8 nitrogen and oxygen atoms in total. The summed E-state index contributed by atoms with van der Waals surface area (Å²) in [6.07, 6.45) is 1.91. The van der Waals surface area contributed by atoms with Gasteiger partial charge in [-0.2, -0.15) is 0 Å². The maximum Gasteiger partial charge on any atom is 0.245 e. The highest BCUT2D eigenvalue weighted by Crippen LogP contribution is 2.16. The van der Waals surface area contributed by atoms with Gasteiger partial charge >= 0.3 is 0 Å². The van der Waals surface area contributed by atoms with E-state index in [0.717, 1.165) is 6.42 Å². The summed E-state index contributed by atoms with van der Waals surface area (Å²) in [5.41, 5.74) is -0.333. The van der Waals surface area contributed by atoms with Crippen LogP contribution in [0.1, 0.15) is 47.0 Å². The van der Waals surface area contributed by atoms with E-state index in [0.29, 0.717) is 31.6 Å². The highest BCUT2D eigenvalue weighted by molar-refractivity contribution is 5.91. The lowest BCUT2D eigenvalue weighted by Crippen LogP contribution is -2.58. The Bertz CT molecular complexity index is 550. The van der Waals surface area contributed by atoms with E-state index in [1.165, 1.54) is 0 Å². The van der Waals surface area contributed by atoms with E-state index in [1.54, 1.807) is 46.8 Å². The van der Waals surface area contributed by atoms with Crippen molar-refractivity contribution >= 4 is 17.7 Å². The van der Waals surface area contributed by atoms with Gasteiger partial charge in [0.15, 0.2) is 0 Å². The van der Waals surface area contributed by atoms with Gasteiger partial charge in [-0.15, -0.1) is 0 Å². The number of likely N-dealkylation sites (N-methyl/N-ethyl adjacent to an activating group) is 3. The Morgan fingerprint density at radius 2 is 1.71 bits per heavy atom. The first-order chi connectivity index (χ1) is 13.0. The molecule has 0 saturated heterocycles. The van der Waals surface area contributed by atoms with Crippen molar-refractivity contribution in [3.8, 4) is 0 Å². The van der Waals surface area contributed by atoms with Crippen LogP contribution in [0, 0.1) is 5.92 Å². The Morgan fingerprint density at radius 3 is 2.21 bits per heavy atom. The number of carbonyl (C=O) groups excluding carboxylic acids is 3. The number of hydrogen-bond donors (Lipinski definition) is 4. The second-order valence-electron chi connectivity index (χ2n) is 7.74. The van der Waals surface area contributed by atoms with Crippen molar-refractivity contribution in [1.82, 2.24) is 26.2 Å². The molecule has 0 aliphatic heterocycles. The second-order valence-corrected chi connectivity index (χ2v) is 7.74. The lowest BCUT2D eigenvalue weighted by atomic mass is 9.92. The largest absolute Gasteiger partial charge is 0.390 e. The smallest absolute Gasteiger partial charge is 0.245 e. The Morgan fingerprint density at radius 1 is 1.11 bits per heavy atom. The fraction of sp³-hybridized carbons (Fsp3) is 0.750. The topological polar surface area (TPSA) is 103 Å². The van der Waals surface area contributed by atoms with Crippen molar-refractivity contribution in [3.05, 3.63) is 12.3 Å². The minimum atomic E-state index is -1.02. The van der Waals surface area contributed by atoms with Gasteiger partial charge in [0.05, 0.1) is 12.6 Å². The van der Waals surface area contributed by atoms with Gasteiger partial charge < -0.3 is 26.2 Å². The third-order valence-electron chi connectivity index (χ3n) is 4.84. The van der Waals surface area contributed by atoms with Crippen LogP contribution in [0.4, 0.5) is 0 Å². The molecule has 0 heterocycles. The van der Waals surface area contributed by atoms with Crippen molar-refractivity contribution in [1.29, 1.82) is 0 Å². The van der Waals surface area contributed by atoms with Crippen molar-refractivity contribution in [3.63, 3.8) is 0 Å². The maximum atomic E-state index is 12.7. The molecule has 1 unspecified atom stereocenters. The molecule has 0 aromatic rings. The van der Waals surface area contributed by atoms with E-state index in [-0.39, 0.29) is 29.7 Å². The lowest BCUT2D eigenvalue weighted by molar-refractivity contribution is -0.134. The van der Waals surface area contributed by atoms with E-state index in [4.69, 9.17) is 0 Å². The van der Waals surface area contributed by atoms with E-state index in [9.17, 15) is 14.4 Å². The predicted octanol–water partition coefficient (Wildman–Crippen LogP) is 0.603. The molecule has 0 spiro atoms. The molecule has 0 bridgehead atoms. The molecule has 0 aromatic heterocycles. The Hall–Kier alpha value is -2.09. The minimum Gasteiger partial charge on any atom is -0.390 e. The van der Waals surface area contributed by atoms with Gasteiger partial charge in [0, 0.05) is 32.3 Å². The zero-order valence-electron chi connectivity index (χ0n) is 18.6. The third kappa shape index (κ3) is 8.73. The van der Waals surface area contributed by atoms with Crippen LogP contribution >= 0.6 is 0 Å². The van der Waals surface area contributed by atoms with Gasteiger partial charge in [-0.1, -0.05) is 20.4 Å². The van der Waals surface area contributed by atoms with Crippen LogP contribution in [-0.4, -0.2) is 68.4 Å². The van der Waals surface area contributed by atoms with Crippen LogP contribution in [-0.2, 0) is 14.4 Å². The predicted molar refractivity (Wildman–Crippen MR) is 113 cm³/mol. The van der Waals surface area contributed by atoms with Crippen LogP contribution in [0.25, 0.3) is 0 Å². The SMILES string of the molecule is C=C(CNC(=O)[C@@](C)(CCCCN(C)C(=O)C(C)NC)NC(=O)C(C)C)NC. The second kappa shape index (κ2) is 12.4. The fourth-order valence-corrected chi connectivity index (χ4v) is 2.51. The van der Waals surface area contributed by atoms with E-state index in [2.05, 4.69) is 27.8 Å². The van der Waals surface area contributed by atoms with Gasteiger partial charge in [-0.3, -0.25) is 14.4 Å². The quantitative estimate of drug-likeness (QED) is 0.341. The monoisotopic (exact) mass is 397 g/mol. The lowest BCUT2D eigenvalue weighted by Gasteiger charge is -2.31. The summed E-state index contributed by atoms with van der Waals surface area (Å²) in [6, 6.07) is -0.230.